The number of benzene rings is 2. The summed E-state index contributed by atoms with van der Waals surface area (Å²) < 4.78 is 2.03. The molecule has 0 saturated carbocycles. The van der Waals surface area contributed by atoms with Gasteiger partial charge >= 0.3 is 0 Å². The van der Waals surface area contributed by atoms with Gasteiger partial charge in [0.15, 0.2) is 0 Å². The molecule has 6 nitrogen and oxygen atoms in total. The molecule has 1 aromatic heterocycles. The second kappa shape index (κ2) is 8.14. The Bertz CT molecular complexity index is 1100. The number of hydrogen-bond donors (Lipinski definition) is 1. The zero-order chi connectivity index (χ0) is 21.3. The van der Waals surface area contributed by atoms with Crippen LogP contribution in [0.15, 0.2) is 53.4 Å². The first kappa shape index (κ1) is 20.5. The van der Waals surface area contributed by atoms with Gasteiger partial charge in [-0.3, -0.25) is 14.9 Å². The first-order chi connectivity index (χ1) is 14.3. The summed E-state index contributed by atoms with van der Waals surface area (Å²) in [5, 5.41) is 2.92. The third-order valence-electron chi connectivity index (χ3n) is 5.08. The highest BCUT2D eigenvalue weighted by Gasteiger charge is 2.25. The Labute approximate surface area is 180 Å². The number of rotatable bonds is 4. The summed E-state index contributed by atoms with van der Waals surface area (Å²) in [7, 11) is 0. The number of imidazole rings is 1. The quantitative estimate of drug-likeness (QED) is 0.665. The second-order valence-electron chi connectivity index (χ2n) is 8.34. The van der Waals surface area contributed by atoms with E-state index >= 15 is 0 Å². The lowest BCUT2D eigenvalue weighted by atomic mass is 10.1. The zero-order valence-corrected chi connectivity index (χ0v) is 18.3. The van der Waals surface area contributed by atoms with Crippen molar-refractivity contribution in [2.24, 2.45) is 0 Å². The van der Waals surface area contributed by atoms with E-state index in [2.05, 4.69) is 31.1 Å². The highest BCUT2D eigenvalue weighted by molar-refractivity contribution is 7.99. The molecule has 1 N–H and O–H groups in total. The fraction of sp³-hybridized carbons (Fsp3) is 0.348. The maximum atomic E-state index is 12.8. The number of anilines is 2. The lowest BCUT2D eigenvalue weighted by molar-refractivity contribution is -0.122. The smallest absolute Gasteiger partial charge is 0.227 e. The Hall–Kier alpha value is -2.80. The van der Waals surface area contributed by atoms with Crippen LogP contribution in [-0.4, -0.2) is 33.7 Å². The van der Waals surface area contributed by atoms with Crippen LogP contribution in [0.4, 0.5) is 11.6 Å². The maximum Gasteiger partial charge on any atom is 0.227 e. The van der Waals surface area contributed by atoms with Crippen molar-refractivity contribution in [2.75, 3.05) is 22.5 Å². The summed E-state index contributed by atoms with van der Waals surface area (Å²) >= 11 is 1.76. The summed E-state index contributed by atoms with van der Waals surface area (Å²) in [5.41, 5.74) is 2.50. The number of carbonyl (C=O) groups is 2. The van der Waals surface area contributed by atoms with Crippen molar-refractivity contribution in [3.8, 4) is 0 Å². The van der Waals surface area contributed by atoms with Crippen LogP contribution in [0.1, 0.15) is 33.6 Å². The highest BCUT2D eigenvalue weighted by Crippen LogP contribution is 2.34. The van der Waals surface area contributed by atoms with Crippen LogP contribution in [0.25, 0.3) is 11.0 Å². The van der Waals surface area contributed by atoms with Gasteiger partial charge in [-0.1, -0.05) is 24.3 Å². The molecule has 3 aromatic rings. The van der Waals surface area contributed by atoms with E-state index in [1.54, 1.807) is 16.7 Å². The summed E-state index contributed by atoms with van der Waals surface area (Å²) in [6.07, 6.45) is 0.290. The van der Waals surface area contributed by atoms with Gasteiger partial charge in [0.1, 0.15) is 0 Å². The molecule has 0 atom stereocenters. The van der Waals surface area contributed by atoms with Crippen molar-refractivity contribution < 1.29 is 9.59 Å². The van der Waals surface area contributed by atoms with Crippen molar-refractivity contribution in [1.82, 2.24) is 9.55 Å². The molecule has 0 fully saturated rings. The molecular weight excluding hydrogens is 396 g/mol. The van der Waals surface area contributed by atoms with Crippen LogP contribution in [0, 0.1) is 0 Å². The number of para-hydroxylation sites is 3. The Morgan fingerprint density at radius 2 is 1.80 bits per heavy atom. The largest absolute Gasteiger partial charge is 0.310 e. The number of aromatic nitrogens is 2. The molecule has 0 bridgehead atoms. The maximum absolute atomic E-state index is 12.8. The van der Waals surface area contributed by atoms with E-state index in [1.165, 1.54) is 0 Å². The van der Waals surface area contributed by atoms with Crippen LogP contribution in [-0.2, 0) is 15.1 Å². The number of fused-ring (bicyclic) bond motifs is 2. The molecule has 2 aromatic carbocycles. The van der Waals surface area contributed by atoms with E-state index in [4.69, 9.17) is 0 Å². The van der Waals surface area contributed by atoms with Crippen LogP contribution in [0.5, 0.6) is 0 Å². The lowest BCUT2D eigenvalue weighted by Crippen LogP contribution is -2.35. The van der Waals surface area contributed by atoms with Gasteiger partial charge in [-0.05, 0) is 45.0 Å². The van der Waals surface area contributed by atoms with Gasteiger partial charge in [-0.15, -0.1) is 11.8 Å². The molecule has 30 heavy (non-hydrogen) atoms. The summed E-state index contributed by atoms with van der Waals surface area (Å²) in [5.74, 6) is 1.15. The van der Waals surface area contributed by atoms with Crippen molar-refractivity contribution in [3.63, 3.8) is 0 Å². The van der Waals surface area contributed by atoms with Crippen LogP contribution in [0.3, 0.4) is 0 Å². The van der Waals surface area contributed by atoms with Crippen LogP contribution < -0.4 is 10.2 Å². The molecule has 0 radical (unpaired) electrons. The molecular formula is C23H26N4O2S. The van der Waals surface area contributed by atoms with E-state index in [1.807, 2.05) is 53.1 Å². The average molecular weight is 423 g/mol. The average Bonchev–Trinajstić information content (AvgIpc) is 3.09. The number of carbonyl (C=O) groups excluding carboxylic acids is 2. The Morgan fingerprint density at radius 1 is 1.07 bits per heavy atom. The Morgan fingerprint density at radius 3 is 2.60 bits per heavy atom. The Balaban J connectivity index is 1.46. The van der Waals surface area contributed by atoms with Gasteiger partial charge in [-0.25, -0.2) is 4.98 Å². The molecule has 0 saturated heterocycles. The van der Waals surface area contributed by atoms with Gasteiger partial charge in [0.25, 0.3) is 0 Å². The standard InChI is InChI=1S/C23H26N4O2S/c1-23(2,3)27-17-9-5-4-8-16(17)24-22(27)25-20(28)12-13-21(29)26-14-15-30-19-11-7-6-10-18(19)26/h4-11H,12-15H2,1-3H3,(H,24,25,28). The topological polar surface area (TPSA) is 67.2 Å². The van der Waals surface area contributed by atoms with E-state index in [-0.39, 0.29) is 30.2 Å². The van der Waals surface area contributed by atoms with Gasteiger partial charge in [0.2, 0.25) is 17.8 Å². The lowest BCUT2D eigenvalue weighted by Gasteiger charge is -2.29. The number of nitrogens with zero attached hydrogens (tertiary/aromatic N) is 3. The van der Waals surface area contributed by atoms with Crippen molar-refractivity contribution in [3.05, 3.63) is 48.5 Å². The first-order valence-corrected chi connectivity index (χ1v) is 11.1. The Kier molecular flexibility index (Phi) is 5.56. The summed E-state index contributed by atoms with van der Waals surface area (Å²) in [6, 6.07) is 15.7. The van der Waals surface area contributed by atoms with Gasteiger partial charge < -0.3 is 9.47 Å². The first-order valence-electron chi connectivity index (χ1n) is 10.1. The van der Waals surface area contributed by atoms with Crippen molar-refractivity contribution in [1.29, 1.82) is 0 Å². The predicted octanol–water partition coefficient (Wildman–Crippen LogP) is 4.65. The molecule has 2 amide bonds. The normalized spacial score (nSPS) is 13.9. The monoisotopic (exact) mass is 422 g/mol. The summed E-state index contributed by atoms with van der Waals surface area (Å²) in [6.45, 7) is 6.90. The van der Waals surface area contributed by atoms with Gasteiger partial charge in [0, 0.05) is 35.6 Å². The van der Waals surface area contributed by atoms with E-state index in [0.717, 1.165) is 27.4 Å². The van der Waals surface area contributed by atoms with E-state index in [9.17, 15) is 9.59 Å². The van der Waals surface area contributed by atoms with Crippen molar-refractivity contribution in [2.45, 2.75) is 44.0 Å². The zero-order valence-electron chi connectivity index (χ0n) is 17.5. The SMILES string of the molecule is CC(C)(C)n1c(NC(=O)CCC(=O)N2CCSc3ccccc32)nc2ccccc21. The predicted molar refractivity (Wildman–Crippen MR) is 122 cm³/mol. The molecule has 0 spiro atoms. The third-order valence-corrected chi connectivity index (χ3v) is 6.12. The minimum atomic E-state index is -0.246. The third kappa shape index (κ3) is 4.07. The fourth-order valence-electron chi connectivity index (χ4n) is 3.76. The molecule has 0 aliphatic carbocycles. The van der Waals surface area contributed by atoms with Crippen LogP contribution in [0.2, 0.25) is 0 Å². The number of amides is 2. The molecule has 4 rings (SSSR count). The van der Waals surface area contributed by atoms with Gasteiger partial charge in [0.05, 0.1) is 16.7 Å². The molecule has 1 aliphatic heterocycles. The molecule has 0 unspecified atom stereocenters. The molecule has 2 heterocycles. The number of nitrogens with one attached hydrogen (secondary N) is 1. The van der Waals surface area contributed by atoms with Gasteiger partial charge in [-0.2, -0.15) is 0 Å². The number of hydrogen-bond acceptors (Lipinski definition) is 4. The molecule has 156 valence electrons. The van der Waals surface area contributed by atoms with Crippen molar-refractivity contribution >= 4 is 46.2 Å². The molecule has 1 aliphatic rings. The highest BCUT2D eigenvalue weighted by atomic mass is 32.2. The minimum absolute atomic E-state index is 0.0257. The number of thioether (sulfide) groups is 1. The fourth-order valence-corrected chi connectivity index (χ4v) is 4.75. The second-order valence-corrected chi connectivity index (χ2v) is 9.48. The molecule has 7 heteroatoms. The van der Waals surface area contributed by atoms with E-state index < -0.39 is 0 Å². The van der Waals surface area contributed by atoms with E-state index in [0.29, 0.717) is 12.5 Å². The minimum Gasteiger partial charge on any atom is -0.310 e. The summed E-state index contributed by atoms with van der Waals surface area (Å²) in [4.78, 5) is 33.0. The van der Waals surface area contributed by atoms with Crippen LogP contribution >= 0.6 is 11.8 Å².